The van der Waals surface area contributed by atoms with Gasteiger partial charge in [-0.1, -0.05) is 31.2 Å². The Labute approximate surface area is 106 Å². The number of hydrogen-bond donors (Lipinski definition) is 1. The molecule has 3 rings (SSSR count). The van der Waals surface area contributed by atoms with Crippen molar-refractivity contribution in [3.8, 4) is 0 Å². The summed E-state index contributed by atoms with van der Waals surface area (Å²) in [5.74, 6) is 0.548. The van der Waals surface area contributed by atoms with Crippen molar-refractivity contribution in [2.75, 3.05) is 6.54 Å². The molecule has 0 saturated carbocycles. The predicted molar refractivity (Wildman–Crippen MR) is 71.5 cm³/mol. The van der Waals surface area contributed by atoms with Crippen molar-refractivity contribution in [2.45, 2.75) is 25.8 Å². The van der Waals surface area contributed by atoms with Crippen molar-refractivity contribution >= 4 is 11.3 Å². The zero-order valence-electron chi connectivity index (χ0n) is 9.94. The minimum atomic E-state index is 0.548. The van der Waals surface area contributed by atoms with Crippen LogP contribution in [0.3, 0.4) is 0 Å². The van der Waals surface area contributed by atoms with Gasteiger partial charge in [-0.15, -0.1) is 11.3 Å². The number of nitrogens with zero attached hydrogens (tertiary/aromatic N) is 1. The molecule has 0 saturated heterocycles. The highest BCUT2D eigenvalue weighted by Crippen LogP contribution is 2.41. The summed E-state index contributed by atoms with van der Waals surface area (Å²) in [7, 11) is 0. The third kappa shape index (κ3) is 2.01. The fourth-order valence-electron chi connectivity index (χ4n) is 2.29. The lowest BCUT2D eigenvalue weighted by Crippen LogP contribution is -2.17. The van der Waals surface area contributed by atoms with Crippen LogP contribution in [0.2, 0.25) is 0 Å². The van der Waals surface area contributed by atoms with E-state index in [0.29, 0.717) is 5.92 Å². The van der Waals surface area contributed by atoms with Crippen molar-refractivity contribution in [2.24, 2.45) is 0 Å². The summed E-state index contributed by atoms with van der Waals surface area (Å²) in [5.41, 5.74) is 2.96. The van der Waals surface area contributed by atoms with Crippen LogP contribution in [-0.4, -0.2) is 11.5 Å². The second-order valence-corrected chi connectivity index (χ2v) is 5.55. The minimum Gasteiger partial charge on any atom is -0.312 e. The molecule has 0 spiro atoms. The Balaban J connectivity index is 1.76. The molecule has 0 radical (unpaired) electrons. The molecule has 0 aliphatic heterocycles. The van der Waals surface area contributed by atoms with E-state index in [-0.39, 0.29) is 0 Å². The van der Waals surface area contributed by atoms with E-state index in [2.05, 4.69) is 41.5 Å². The maximum absolute atomic E-state index is 4.57. The van der Waals surface area contributed by atoms with Crippen LogP contribution in [0.15, 0.2) is 30.5 Å². The molecule has 1 aromatic carbocycles. The summed E-state index contributed by atoms with van der Waals surface area (Å²) in [6.07, 6.45) is 3.17. The summed E-state index contributed by atoms with van der Waals surface area (Å²) < 4.78 is 0. The molecule has 1 aromatic heterocycles. The number of thiazole rings is 1. The number of fused-ring (bicyclic) bond motifs is 1. The lowest BCUT2D eigenvalue weighted by atomic mass is 9.78. The van der Waals surface area contributed by atoms with E-state index in [1.54, 1.807) is 0 Å². The Morgan fingerprint density at radius 2 is 2.29 bits per heavy atom. The van der Waals surface area contributed by atoms with Gasteiger partial charge in [-0.05, 0) is 24.1 Å². The van der Waals surface area contributed by atoms with Crippen LogP contribution in [-0.2, 0) is 13.0 Å². The molecule has 3 heteroatoms. The summed E-state index contributed by atoms with van der Waals surface area (Å²) >= 11 is 1.85. The Morgan fingerprint density at radius 3 is 3.12 bits per heavy atom. The van der Waals surface area contributed by atoms with Crippen LogP contribution < -0.4 is 5.32 Å². The van der Waals surface area contributed by atoms with Crippen LogP contribution in [0.1, 0.15) is 33.9 Å². The van der Waals surface area contributed by atoms with Crippen LogP contribution in [0.25, 0.3) is 0 Å². The monoisotopic (exact) mass is 244 g/mol. The van der Waals surface area contributed by atoms with Crippen molar-refractivity contribution in [1.82, 2.24) is 10.3 Å². The van der Waals surface area contributed by atoms with Gasteiger partial charge in [0, 0.05) is 23.5 Å². The summed E-state index contributed by atoms with van der Waals surface area (Å²) in [6.45, 7) is 4.09. The molecule has 2 nitrogen and oxygen atoms in total. The van der Waals surface area contributed by atoms with E-state index >= 15 is 0 Å². The van der Waals surface area contributed by atoms with E-state index in [9.17, 15) is 0 Å². The largest absolute Gasteiger partial charge is 0.312 e. The molecule has 0 amide bonds. The van der Waals surface area contributed by atoms with Gasteiger partial charge in [0.1, 0.15) is 5.01 Å². The van der Waals surface area contributed by atoms with Crippen LogP contribution in [0.5, 0.6) is 0 Å². The van der Waals surface area contributed by atoms with Crippen molar-refractivity contribution in [1.29, 1.82) is 0 Å². The molecule has 1 aliphatic carbocycles. The molecule has 17 heavy (non-hydrogen) atoms. The molecule has 1 aliphatic rings. The maximum atomic E-state index is 4.57. The molecule has 1 N–H and O–H groups in total. The highest BCUT2D eigenvalue weighted by Gasteiger charge is 2.29. The van der Waals surface area contributed by atoms with Crippen molar-refractivity contribution < 1.29 is 0 Å². The molecular weight excluding hydrogens is 228 g/mol. The van der Waals surface area contributed by atoms with Gasteiger partial charge in [0.25, 0.3) is 0 Å². The summed E-state index contributed by atoms with van der Waals surface area (Å²) in [6, 6.07) is 8.69. The lowest BCUT2D eigenvalue weighted by Gasteiger charge is -2.28. The minimum absolute atomic E-state index is 0.548. The molecule has 1 heterocycles. The van der Waals surface area contributed by atoms with Gasteiger partial charge in [0.15, 0.2) is 0 Å². The fourth-order valence-corrected chi connectivity index (χ4v) is 3.30. The highest BCUT2D eigenvalue weighted by atomic mass is 32.1. The topological polar surface area (TPSA) is 24.9 Å². The number of rotatable bonds is 4. The Kier molecular flexibility index (Phi) is 2.95. The average molecular weight is 244 g/mol. The van der Waals surface area contributed by atoms with E-state index in [4.69, 9.17) is 0 Å². The Bertz CT molecular complexity index is 518. The first-order valence-corrected chi connectivity index (χ1v) is 6.93. The SMILES string of the molecule is CCNCc1cnc(C2Cc3ccccc32)s1. The normalized spacial score (nSPS) is 17.6. The third-order valence-electron chi connectivity index (χ3n) is 3.27. The van der Waals surface area contributed by atoms with Gasteiger partial charge in [-0.2, -0.15) is 0 Å². The van der Waals surface area contributed by atoms with Crippen molar-refractivity contribution in [3.63, 3.8) is 0 Å². The van der Waals surface area contributed by atoms with Gasteiger partial charge in [0.2, 0.25) is 0 Å². The van der Waals surface area contributed by atoms with Gasteiger partial charge in [-0.3, -0.25) is 0 Å². The Hall–Kier alpha value is -1.19. The first-order chi connectivity index (χ1) is 8.38. The maximum Gasteiger partial charge on any atom is 0.101 e. The molecule has 1 unspecified atom stereocenters. The van der Waals surface area contributed by atoms with Gasteiger partial charge in [0.05, 0.1) is 0 Å². The number of hydrogen-bond acceptors (Lipinski definition) is 3. The summed E-state index contributed by atoms with van der Waals surface area (Å²) in [4.78, 5) is 5.91. The zero-order valence-corrected chi connectivity index (χ0v) is 10.8. The predicted octanol–water partition coefficient (Wildman–Crippen LogP) is 2.94. The molecule has 2 aromatic rings. The van der Waals surface area contributed by atoms with Gasteiger partial charge < -0.3 is 5.32 Å². The Morgan fingerprint density at radius 1 is 1.41 bits per heavy atom. The highest BCUT2D eigenvalue weighted by molar-refractivity contribution is 7.11. The zero-order chi connectivity index (χ0) is 11.7. The number of nitrogens with one attached hydrogen (secondary N) is 1. The first kappa shape index (κ1) is 10.9. The van der Waals surface area contributed by atoms with Gasteiger partial charge >= 0.3 is 0 Å². The smallest absolute Gasteiger partial charge is 0.101 e. The second-order valence-electron chi connectivity index (χ2n) is 4.40. The van der Waals surface area contributed by atoms with Crippen LogP contribution in [0.4, 0.5) is 0 Å². The van der Waals surface area contributed by atoms with E-state index < -0.39 is 0 Å². The van der Waals surface area contributed by atoms with E-state index in [1.807, 2.05) is 17.5 Å². The fraction of sp³-hybridized carbons (Fsp3) is 0.357. The lowest BCUT2D eigenvalue weighted by molar-refractivity contribution is 0.702. The van der Waals surface area contributed by atoms with E-state index in [0.717, 1.165) is 19.5 Å². The summed E-state index contributed by atoms with van der Waals surface area (Å²) in [5, 5.41) is 4.62. The number of aromatic nitrogens is 1. The van der Waals surface area contributed by atoms with E-state index in [1.165, 1.54) is 21.0 Å². The standard InChI is InChI=1S/C14H16N2S/c1-2-15-8-11-9-16-14(17-11)13-7-10-5-3-4-6-12(10)13/h3-6,9,13,15H,2,7-8H2,1H3. The molecule has 1 atom stereocenters. The van der Waals surface area contributed by atoms with Crippen LogP contribution in [0, 0.1) is 0 Å². The van der Waals surface area contributed by atoms with Gasteiger partial charge in [-0.25, -0.2) is 4.98 Å². The molecular formula is C14H16N2S. The molecule has 88 valence electrons. The number of benzene rings is 1. The molecule has 0 bridgehead atoms. The first-order valence-electron chi connectivity index (χ1n) is 6.11. The second kappa shape index (κ2) is 4.59. The van der Waals surface area contributed by atoms with Crippen LogP contribution >= 0.6 is 11.3 Å². The molecule has 0 fully saturated rings. The average Bonchev–Trinajstić information content (AvgIpc) is 2.76. The third-order valence-corrected chi connectivity index (χ3v) is 4.38. The quantitative estimate of drug-likeness (QED) is 0.894. The van der Waals surface area contributed by atoms with Crippen molar-refractivity contribution in [3.05, 3.63) is 51.5 Å².